The van der Waals surface area contributed by atoms with Crippen LogP contribution in [-0.2, 0) is 13.1 Å². The van der Waals surface area contributed by atoms with Gasteiger partial charge >= 0.3 is 0 Å². The van der Waals surface area contributed by atoms with Crippen molar-refractivity contribution in [3.05, 3.63) is 33.8 Å². The van der Waals surface area contributed by atoms with E-state index >= 15 is 0 Å². The van der Waals surface area contributed by atoms with Crippen molar-refractivity contribution in [3.63, 3.8) is 0 Å². The molecule has 0 aromatic heterocycles. The van der Waals surface area contributed by atoms with E-state index in [9.17, 15) is 0 Å². The first-order valence-corrected chi connectivity index (χ1v) is 8.80. The maximum atomic E-state index is 3.76. The Morgan fingerprint density at radius 3 is 2.65 bits per heavy atom. The first-order valence-electron chi connectivity index (χ1n) is 8.01. The number of halogens is 1. The topological polar surface area (TPSA) is 15.3 Å². The first kappa shape index (κ1) is 14.6. The lowest BCUT2D eigenvalue weighted by Gasteiger charge is -2.22. The molecule has 2 saturated carbocycles. The van der Waals surface area contributed by atoms with Crippen LogP contribution >= 0.6 is 15.9 Å². The quantitative estimate of drug-likeness (QED) is 0.769. The third-order valence-electron chi connectivity index (χ3n) is 4.24. The lowest BCUT2D eigenvalue weighted by molar-refractivity contribution is 0.255. The molecule has 2 aliphatic carbocycles. The average molecular weight is 337 g/mol. The minimum atomic E-state index is 0.781. The maximum absolute atomic E-state index is 3.76. The zero-order valence-electron chi connectivity index (χ0n) is 12.4. The van der Waals surface area contributed by atoms with Crippen LogP contribution in [0, 0.1) is 0 Å². The van der Waals surface area contributed by atoms with Gasteiger partial charge in [-0.1, -0.05) is 35.0 Å². The number of nitrogens with zero attached hydrogens (tertiary/aromatic N) is 1. The van der Waals surface area contributed by atoms with Gasteiger partial charge in [0, 0.05) is 29.6 Å². The van der Waals surface area contributed by atoms with E-state index in [2.05, 4.69) is 51.3 Å². The minimum Gasteiger partial charge on any atom is -0.310 e. The maximum Gasteiger partial charge on any atom is 0.0247 e. The molecule has 3 rings (SSSR count). The van der Waals surface area contributed by atoms with E-state index in [-0.39, 0.29) is 0 Å². The van der Waals surface area contributed by atoms with Crippen LogP contribution in [0.2, 0.25) is 0 Å². The van der Waals surface area contributed by atoms with E-state index in [4.69, 9.17) is 0 Å². The average Bonchev–Trinajstić information content (AvgIpc) is 3.30. The molecule has 0 bridgehead atoms. The van der Waals surface area contributed by atoms with Crippen LogP contribution in [0.1, 0.15) is 50.2 Å². The summed E-state index contributed by atoms with van der Waals surface area (Å²) in [5.41, 5.74) is 2.82. The predicted molar refractivity (Wildman–Crippen MR) is 87.7 cm³/mol. The summed E-state index contributed by atoms with van der Waals surface area (Å²) in [6.45, 7) is 5.60. The van der Waals surface area contributed by atoms with E-state index in [1.807, 2.05) is 0 Å². The normalized spacial score (nSPS) is 18.8. The summed E-state index contributed by atoms with van der Waals surface area (Å²) in [4.78, 5) is 2.64. The van der Waals surface area contributed by atoms with Crippen molar-refractivity contribution < 1.29 is 0 Å². The van der Waals surface area contributed by atoms with Crippen molar-refractivity contribution in [1.29, 1.82) is 0 Å². The van der Waals surface area contributed by atoms with Crippen molar-refractivity contribution in [2.24, 2.45) is 0 Å². The van der Waals surface area contributed by atoms with Crippen molar-refractivity contribution in [2.75, 3.05) is 6.54 Å². The number of benzene rings is 1. The van der Waals surface area contributed by atoms with E-state index < -0.39 is 0 Å². The van der Waals surface area contributed by atoms with Gasteiger partial charge in [-0.3, -0.25) is 4.90 Å². The minimum absolute atomic E-state index is 0.781. The van der Waals surface area contributed by atoms with Crippen LogP contribution in [0.5, 0.6) is 0 Å². The van der Waals surface area contributed by atoms with Crippen molar-refractivity contribution in [1.82, 2.24) is 10.2 Å². The van der Waals surface area contributed by atoms with Gasteiger partial charge in [0.1, 0.15) is 0 Å². The van der Waals surface area contributed by atoms with Crippen LogP contribution in [0.25, 0.3) is 0 Å². The molecule has 110 valence electrons. The highest BCUT2D eigenvalue weighted by Crippen LogP contribution is 2.30. The van der Waals surface area contributed by atoms with Gasteiger partial charge in [0.05, 0.1) is 0 Å². The van der Waals surface area contributed by atoms with Crippen molar-refractivity contribution in [3.8, 4) is 0 Å². The summed E-state index contributed by atoms with van der Waals surface area (Å²) < 4.78 is 1.27. The Bertz CT molecular complexity index is 452. The molecule has 20 heavy (non-hydrogen) atoms. The Hall–Kier alpha value is -0.380. The van der Waals surface area contributed by atoms with E-state index in [1.165, 1.54) is 54.2 Å². The van der Waals surface area contributed by atoms with Crippen molar-refractivity contribution in [2.45, 2.75) is 64.2 Å². The number of rotatable bonds is 8. The fourth-order valence-electron chi connectivity index (χ4n) is 2.72. The Balaban J connectivity index is 1.60. The molecule has 0 spiro atoms. The first-order chi connectivity index (χ1) is 9.76. The van der Waals surface area contributed by atoms with Gasteiger partial charge in [-0.05, 0) is 55.8 Å². The molecule has 0 atom stereocenters. The van der Waals surface area contributed by atoms with Gasteiger partial charge in [-0.2, -0.15) is 0 Å². The van der Waals surface area contributed by atoms with E-state index in [1.54, 1.807) is 0 Å². The number of nitrogens with one attached hydrogen (secondary N) is 1. The van der Waals surface area contributed by atoms with Gasteiger partial charge < -0.3 is 5.32 Å². The standard InChI is InChI=1S/C17H25BrN2/c1-2-9-20(16-7-8-16)12-14-4-3-13(10-17(14)18)11-19-15-5-6-15/h3-4,10,15-16,19H,2,5-9,11-12H2,1H3. The van der Waals surface area contributed by atoms with Crippen LogP contribution in [0.15, 0.2) is 22.7 Å². The van der Waals surface area contributed by atoms with Crippen molar-refractivity contribution >= 4 is 15.9 Å². The monoisotopic (exact) mass is 336 g/mol. The molecule has 0 aliphatic heterocycles. The number of hydrogen-bond acceptors (Lipinski definition) is 2. The van der Waals surface area contributed by atoms with Gasteiger partial charge in [-0.25, -0.2) is 0 Å². The fourth-order valence-corrected chi connectivity index (χ4v) is 3.27. The summed E-state index contributed by atoms with van der Waals surface area (Å²) >= 11 is 3.76. The lowest BCUT2D eigenvalue weighted by Crippen LogP contribution is -2.26. The molecule has 2 fully saturated rings. The lowest BCUT2D eigenvalue weighted by atomic mass is 10.1. The highest BCUT2D eigenvalue weighted by molar-refractivity contribution is 9.10. The summed E-state index contributed by atoms with van der Waals surface area (Å²) in [6, 6.07) is 8.51. The molecule has 1 aromatic carbocycles. The second-order valence-corrected chi connectivity index (χ2v) is 7.14. The summed E-state index contributed by atoms with van der Waals surface area (Å²) in [6.07, 6.45) is 6.73. The Morgan fingerprint density at radius 2 is 2.05 bits per heavy atom. The molecule has 0 amide bonds. The molecule has 1 N–H and O–H groups in total. The van der Waals surface area contributed by atoms with Gasteiger partial charge in [-0.15, -0.1) is 0 Å². The van der Waals surface area contributed by atoms with Crippen LogP contribution < -0.4 is 5.32 Å². The predicted octanol–water partition coefficient (Wildman–Crippen LogP) is 4.08. The molecular weight excluding hydrogens is 312 g/mol. The SMILES string of the molecule is CCCN(Cc1ccc(CNC2CC2)cc1Br)C1CC1. The fraction of sp³-hybridized carbons (Fsp3) is 0.647. The van der Waals surface area contributed by atoms with E-state index in [0.717, 1.165) is 25.2 Å². The molecule has 0 unspecified atom stereocenters. The zero-order chi connectivity index (χ0) is 13.9. The third-order valence-corrected chi connectivity index (χ3v) is 4.98. The Morgan fingerprint density at radius 1 is 1.25 bits per heavy atom. The summed E-state index contributed by atoms with van der Waals surface area (Å²) in [5.74, 6) is 0. The molecular formula is C17H25BrN2. The molecule has 0 radical (unpaired) electrons. The smallest absolute Gasteiger partial charge is 0.0247 e. The third kappa shape index (κ3) is 4.06. The highest BCUT2D eigenvalue weighted by atomic mass is 79.9. The molecule has 2 aliphatic rings. The second kappa shape index (κ2) is 6.59. The van der Waals surface area contributed by atoms with Crippen LogP contribution in [0.3, 0.4) is 0 Å². The van der Waals surface area contributed by atoms with Gasteiger partial charge in [0.15, 0.2) is 0 Å². The molecule has 2 nitrogen and oxygen atoms in total. The number of hydrogen-bond donors (Lipinski definition) is 1. The van der Waals surface area contributed by atoms with Crippen LogP contribution in [-0.4, -0.2) is 23.5 Å². The Kier molecular flexibility index (Phi) is 4.79. The molecule has 0 saturated heterocycles. The molecule has 0 heterocycles. The highest BCUT2D eigenvalue weighted by Gasteiger charge is 2.28. The largest absolute Gasteiger partial charge is 0.310 e. The zero-order valence-corrected chi connectivity index (χ0v) is 14.0. The Labute approximate surface area is 131 Å². The summed E-state index contributed by atoms with van der Waals surface area (Å²) in [5, 5.41) is 3.58. The summed E-state index contributed by atoms with van der Waals surface area (Å²) in [7, 11) is 0. The molecule has 1 aromatic rings. The van der Waals surface area contributed by atoms with Crippen LogP contribution in [0.4, 0.5) is 0 Å². The van der Waals surface area contributed by atoms with E-state index in [0.29, 0.717) is 0 Å². The van der Waals surface area contributed by atoms with Gasteiger partial charge in [0.25, 0.3) is 0 Å². The van der Waals surface area contributed by atoms with Gasteiger partial charge in [0.2, 0.25) is 0 Å². The second-order valence-electron chi connectivity index (χ2n) is 6.28. The molecule has 3 heteroatoms.